The maximum atomic E-state index is 11.1. The van der Waals surface area contributed by atoms with E-state index in [2.05, 4.69) is 11.0 Å². The molecule has 0 saturated carbocycles. The molecule has 1 saturated heterocycles. The van der Waals surface area contributed by atoms with Gasteiger partial charge in [-0.3, -0.25) is 4.79 Å². The standard InChI is InChI=1S/C13H16N4O/c14-8-9-1-2-12(11(15)7-9)17-5-3-10(4-6-17)13(16)18/h1-2,7,10H,3-6,15H2,(H2,16,18). The molecule has 94 valence electrons. The molecule has 4 N–H and O–H groups in total. The van der Waals surface area contributed by atoms with Gasteiger partial charge < -0.3 is 16.4 Å². The summed E-state index contributed by atoms with van der Waals surface area (Å²) in [5.74, 6) is -0.247. The Morgan fingerprint density at radius 3 is 2.56 bits per heavy atom. The molecule has 0 radical (unpaired) electrons. The predicted molar refractivity (Wildman–Crippen MR) is 69.7 cm³/mol. The van der Waals surface area contributed by atoms with Crippen LogP contribution in [0.3, 0.4) is 0 Å². The minimum Gasteiger partial charge on any atom is -0.397 e. The van der Waals surface area contributed by atoms with Gasteiger partial charge in [-0.1, -0.05) is 0 Å². The van der Waals surface area contributed by atoms with E-state index in [0.717, 1.165) is 31.6 Å². The van der Waals surface area contributed by atoms with E-state index in [-0.39, 0.29) is 11.8 Å². The van der Waals surface area contributed by atoms with Crippen molar-refractivity contribution in [2.24, 2.45) is 11.7 Å². The summed E-state index contributed by atoms with van der Waals surface area (Å²) in [6.07, 6.45) is 1.52. The van der Waals surface area contributed by atoms with Gasteiger partial charge in [0.1, 0.15) is 0 Å². The normalized spacial score (nSPS) is 16.3. The maximum Gasteiger partial charge on any atom is 0.220 e. The smallest absolute Gasteiger partial charge is 0.220 e. The predicted octanol–water partition coefficient (Wildman–Crippen LogP) is 0.842. The summed E-state index contributed by atoms with van der Waals surface area (Å²) in [5.41, 5.74) is 13.3. The summed E-state index contributed by atoms with van der Waals surface area (Å²) < 4.78 is 0. The van der Waals surface area contributed by atoms with Crippen molar-refractivity contribution >= 4 is 17.3 Å². The Bertz CT molecular complexity index is 498. The molecule has 0 bridgehead atoms. The summed E-state index contributed by atoms with van der Waals surface area (Å²) in [6.45, 7) is 1.54. The lowest BCUT2D eigenvalue weighted by molar-refractivity contribution is -0.122. The Kier molecular flexibility index (Phi) is 3.38. The van der Waals surface area contributed by atoms with E-state index >= 15 is 0 Å². The Hall–Kier alpha value is -2.22. The number of hydrogen-bond donors (Lipinski definition) is 2. The van der Waals surface area contributed by atoms with Gasteiger partial charge in [0.2, 0.25) is 5.91 Å². The van der Waals surface area contributed by atoms with Gasteiger partial charge >= 0.3 is 0 Å². The Morgan fingerprint density at radius 1 is 1.39 bits per heavy atom. The number of primary amides is 1. The molecule has 1 aromatic carbocycles. The average molecular weight is 244 g/mol. The fraction of sp³-hybridized carbons (Fsp3) is 0.385. The van der Waals surface area contributed by atoms with Crippen molar-refractivity contribution in [3.05, 3.63) is 23.8 Å². The number of nitrogens with two attached hydrogens (primary N) is 2. The molecule has 0 atom stereocenters. The zero-order valence-corrected chi connectivity index (χ0v) is 10.1. The molecule has 0 aromatic heterocycles. The van der Waals surface area contributed by atoms with E-state index < -0.39 is 0 Å². The third-order valence-electron chi connectivity index (χ3n) is 3.39. The third kappa shape index (κ3) is 2.38. The number of carbonyl (C=O) groups is 1. The van der Waals surface area contributed by atoms with Gasteiger partial charge in [-0.05, 0) is 31.0 Å². The Labute approximate surface area is 106 Å². The molecule has 5 heteroatoms. The molecule has 1 amide bonds. The molecule has 1 heterocycles. The van der Waals surface area contributed by atoms with Crippen molar-refractivity contribution in [3.8, 4) is 6.07 Å². The van der Waals surface area contributed by atoms with Crippen LogP contribution in [0.1, 0.15) is 18.4 Å². The van der Waals surface area contributed by atoms with Crippen molar-refractivity contribution in [3.63, 3.8) is 0 Å². The lowest BCUT2D eigenvalue weighted by Gasteiger charge is -2.33. The topological polar surface area (TPSA) is 96.1 Å². The Morgan fingerprint density at radius 2 is 2.06 bits per heavy atom. The van der Waals surface area contributed by atoms with E-state index in [1.165, 1.54) is 0 Å². The Balaban J connectivity index is 2.10. The zero-order valence-electron chi connectivity index (χ0n) is 10.1. The highest BCUT2D eigenvalue weighted by atomic mass is 16.1. The molecule has 1 aromatic rings. The van der Waals surface area contributed by atoms with Gasteiger partial charge in [0, 0.05) is 19.0 Å². The summed E-state index contributed by atoms with van der Waals surface area (Å²) >= 11 is 0. The molecule has 5 nitrogen and oxygen atoms in total. The molecule has 2 rings (SSSR count). The number of nitrogens with zero attached hydrogens (tertiary/aromatic N) is 2. The average Bonchev–Trinajstić information content (AvgIpc) is 2.38. The highest BCUT2D eigenvalue weighted by Crippen LogP contribution is 2.28. The van der Waals surface area contributed by atoms with Gasteiger partial charge in [0.15, 0.2) is 0 Å². The molecule has 0 unspecified atom stereocenters. The van der Waals surface area contributed by atoms with E-state index in [9.17, 15) is 4.79 Å². The van der Waals surface area contributed by atoms with E-state index in [0.29, 0.717) is 11.3 Å². The van der Waals surface area contributed by atoms with Crippen LogP contribution >= 0.6 is 0 Å². The van der Waals surface area contributed by atoms with E-state index in [1.807, 2.05) is 6.07 Å². The number of piperidine rings is 1. The van der Waals surface area contributed by atoms with E-state index in [1.54, 1.807) is 12.1 Å². The molecule has 1 aliphatic heterocycles. The minimum absolute atomic E-state index is 0.0270. The molecule has 0 spiro atoms. The number of nitriles is 1. The number of amides is 1. The summed E-state index contributed by atoms with van der Waals surface area (Å²) in [6, 6.07) is 7.35. The second kappa shape index (κ2) is 4.96. The third-order valence-corrected chi connectivity index (χ3v) is 3.39. The molecule has 1 fully saturated rings. The summed E-state index contributed by atoms with van der Waals surface area (Å²) in [5, 5.41) is 8.79. The van der Waals surface area contributed by atoms with Crippen LogP contribution < -0.4 is 16.4 Å². The van der Waals surface area contributed by atoms with Crippen molar-refractivity contribution in [1.29, 1.82) is 5.26 Å². The van der Waals surface area contributed by atoms with Gasteiger partial charge in [-0.25, -0.2) is 0 Å². The lowest BCUT2D eigenvalue weighted by atomic mass is 9.95. The second-order valence-corrected chi connectivity index (χ2v) is 4.55. The van der Waals surface area contributed by atoms with Crippen LogP contribution in [0.4, 0.5) is 11.4 Å². The van der Waals surface area contributed by atoms with Gasteiger partial charge in [0.25, 0.3) is 0 Å². The van der Waals surface area contributed by atoms with Crippen LogP contribution in [0.2, 0.25) is 0 Å². The monoisotopic (exact) mass is 244 g/mol. The largest absolute Gasteiger partial charge is 0.397 e. The lowest BCUT2D eigenvalue weighted by Crippen LogP contribution is -2.38. The van der Waals surface area contributed by atoms with Gasteiger partial charge in [0.05, 0.1) is 23.0 Å². The highest BCUT2D eigenvalue weighted by Gasteiger charge is 2.24. The number of carbonyl (C=O) groups excluding carboxylic acids is 1. The van der Waals surface area contributed by atoms with Crippen LogP contribution in [-0.2, 0) is 4.79 Å². The van der Waals surface area contributed by atoms with Crippen molar-refractivity contribution in [1.82, 2.24) is 0 Å². The van der Waals surface area contributed by atoms with Crippen molar-refractivity contribution in [2.45, 2.75) is 12.8 Å². The minimum atomic E-state index is -0.220. The van der Waals surface area contributed by atoms with Gasteiger partial charge in [-0.15, -0.1) is 0 Å². The summed E-state index contributed by atoms with van der Waals surface area (Å²) in [4.78, 5) is 13.2. The quantitative estimate of drug-likeness (QED) is 0.753. The van der Waals surface area contributed by atoms with Crippen LogP contribution in [-0.4, -0.2) is 19.0 Å². The molecule has 0 aliphatic carbocycles. The van der Waals surface area contributed by atoms with Crippen molar-refractivity contribution in [2.75, 3.05) is 23.7 Å². The SMILES string of the molecule is N#Cc1ccc(N2CCC(C(N)=O)CC2)c(N)c1. The molecule has 1 aliphatic rings. The maximum absolute atomic E-state index is 11.1. The number of hydrogen-bond acceptors (Lipinski definition) is 4. The number of rotatable bonds is 2. The molecular formula is C13H16N4O. The highest BCUT2D eigenvalue weighted by molar-refractivity contribution is 5.77. The first-order chi connectivity index (χ1) is 8.61. The first-order valence-corrected chi connectivity index (χ1v) is 5.95. The fourth-order valence-electron chi connectivity index (χ4n) is 2.32. The van der Waals surface area contributed by atoms with Crippen LogP contribution in [0, 0.1) is 17.2 Å². The van der Waals surface area contributed by atoms with Crippen molar-refractivity contribution < 1.29 is 4.79 Å². The number of anilines is 2. The first-order valence-electron chi connectivity index (χ1n) is 5.95. The zero-order chi connectivity index (χ0) is 13.1. The van der Waals surface area contributed by atoms with Gasteiger partial charge in [-0.2, -0.15) is 5.26 Å². The molecule has 18 heavy (non-hydrogen) atoms. The second-order valence-electron chi connectivity index (χ2n) is 4.55. The number of benzene rings is 1. The van der Waals surface area contributed by atoms with Crippen LogP contribution in [0.5, 0.6) is 0 Å². The van der Waals surface area contributed by atoms with E-state index in [4.69, 9.17) is 16.7 Å². The fourth-order valence-corrected chi connectivity index (χ4v) is 2.32. The van der Waals surface area contributed by atoms with Crippen LogP contribution in [0.25, 0.3) is 0 Å². The molecular weight excluding hydrogens is 228 g/mol. The number of nitrogen functional groups attached to an aromatic ring is 1. The first kappa shape index (κ1) is 12.2. The van der Waals surface area contributed by atoms with Crippen LogP contribution in [0.15, 0.2) is 18.2 Å². The summed E-state index contributed by atoms with van der Waals surface area (Å²) in [7, 11) is 0.